The molecule has 1 unspecified atom stereocenters. The molecule has 3 N–H and O–H groups in total. The second-order valence-corrected chi connectivity index (χ2v) is 3.77. The van der Waals surface area contributed by atoms with Gasteiger partial charge in [0.2, 0.25) is 5.13 Å². The predicted molar refractivity (Wildman–Crippen MR) is 54.3 cm³/mol. The molecule has 0 saturated heterocycles. The molecule has 0 amide bonds. The molecule has 1 heterocycles. The van der Waals surface area contributed by atoms with Gasteiger partial charge >= 0.3 is 0 Å². The van der Waals surface area contributed by atoms with Gasteiger partial charge in [0.05, 0.1) is 5.84 Å². The molecule has 72 valence electrons. The lowest BCUT2D eigenvalue weighted by Crippen LogP contribution is -2.31. The number of nitrogens with zero attached hydrogens (tertiary/aromatic N) is 3. The van der Waals surface area contributed by atoms with Gasteiger partial charge in [-0.15, -0.1) is 10.2 Å². The maximum Gasteiger partial charge on any atom is 0.207 e. The third kappa shape index (κ3) is 2.66. The predicted octanol–water partition coefficient (Wildman–Crippen LogP) is 0.546. The number of anilines is 1. The van der Waals surface area contributed by atoms with Gasteiger partial charge in [0.25, 0.3) is 0 Å². The van der Waals surface area contributed by atoms with E-state index in [-0.39, 0.29) is 11.8 Å². The monoisotopic (exact) mass is 199 g/mol. The smallest absolute Gasteiger partial charge is 0.207 e. The molecule has 5 nitrogen and oxygen atoms in total. The van der Waals surface area contributed by atoms with E-state index in [4.69, 9.17) is 11.1 Å². The van der Waals surface area contributed by atoms with E-state index in [1.165, 1.54) is 11.3 Å². The zero-order chi connectivity index (χ0) is 9.84. The van der Waals surface area contributed by atoms with Crippen molar-refractivity contribution in [1.82, 2.24) is 10.2 Å². The minimum Gasteiger partial charge on any atom is -0.387 e. The zero-order valence-electron chi connectivity index (χ0n) is 7.69. The Kier molecular flexibility index (Phi) is 3.18. The standard InChI is InChI=1S/C7H13N5S/c1-5(6(8)9)3-12(2)7-11-10-4-13-7/h4-5H,3H2,1-2H3,(H3,8,9). The molecule has 0 aromatic carbocycles. The van der Waals surface area contributed by atoms with E-state index in [2.05, 4.69) is 10.2 Å². The molecular weight excluding hydrogens is 186 g/mol. The fraction of sp³-hybridized carbons (Fsp3) is 0.571. The molecule has 1 rings (SSSR count). The van der Waals surface area contributed by atoms with Crippen LogP contribution in [0.2, 0.25) is 0 Å². The Hall–Kier alpha value is -1.17. The molecule has 0 aliphatic heterocycles. The van der Waals surface area contributed by atoms with Crippen molar-refractivity contribution in [3.63, 3.8) is 0 Å². The Balaban J connectivity index is 2.51. The first kappa shape index (κ1) is 9.91. The van der Waals surface area contributed by atoms with E-state index >= 15 is 0 Å². The third-order valence-corrected chi connectivity index (χ3v) is 2.56. The van der Waals surface area contributed by atoms with Crippen LogP contribution in [0.15, 0.2) is 5.51 Å². The molecule has 0 saturated carbocycles. The van der Waals surface area contributed by atoms with Crippen molar-refractivity contribution in [1.29, 1.82) is 5.41 Å². The Morgan fingerprint density at radius 3 is 3.00 bits per heavy atom. The SMILES string of the molecule is CC(CN(C)c1nncs1)C(=N)N. The second kappa shape index (κ2) is 4.18. The largest absolute Gasteiger partial charge is 0.387 e. The summed E-state index contributed by atoms with van der Waals surface area (Å²) < 4.78 is 0. The van der Waals surface area contributed by atoms with Crippen LogP contribution < -0.4 is 10.6 Å². The molecule has 1 aromatic heterocycles. The quantitative estimate of drug-likeness (QED) is 0.548. The zero-order valence-corrected chi connectivity index (χ0v) is 8.51. The van der Waals surface area contributed by atoms with Gasteiger partial charge in [-0.25, -0.2) is 0 Å². The summed E-state index contributed by atoms with van der Waals surface area (Å²) in [7, 11) is 1.92. The average molecular weight is 199 g/mol. The summed E-state index contributed by atoms with van der Waals surface area (Å²) in [4.78, 5) is 1.95. The first-order valence-electron chi connectivity index (χ1n) is 3.92. The third-order valence-electron chi connectivity index (χ3n) is 1.75. The molecule has 0 aliphatic rings. The van der Waals surface area contributed by atoms with Crippen molar-refractivity contribution in [3.05, 3.63) is 5.51 Å². The molecule has 1 atom stereocenters. The van der Waals surface area contributed by atoms with Crippen LogP contribution in [-0.2, 0) is 0 Å². The highest BCUT2D eigenvalue weighted by molar-refractivity contribution is 7.13. The van der Waals surface area contributed by atoms with Crippen molar-refractivity contribution < 1.29 is 0 Å². The summed E-state index contributed by atoms with van der Waals surface area (Å²) in [5, 5.41) is 15.7. The molecule has 0 aliphatic carbocycles. The fourth-order valence-electron chi connectivity index (χ4n) is 0.921. The van der Waals surface area contributed by atoms with E-state index in [0.29, 0.717) is 6.54 Å². The van der Waals surface area contributed by atoms with E-state index in [1.807, 2.05) is 18.9 Å². The van der Waals surface area contributed by atoms with Gasteiger partial charge in [-0.1, -0.05) is 18.3 Å². The van der Waals surface area contributed by atoms with Crippen LogP contribution in [-0.4, -0.2) is 29.6 Å². The van der Waals surface area contributed by atoms with E-state index in [9.17, 15) is 0 Å². The summed E-state index contributed by atoms with van der Waals surface area (Å²) in [6, 6.07) is 0. The summed E-state index contributed by atoms with van der Waals surface area (Å²) in [5.74, 6) is 0.255. The average Bonchev–Trinajstić information content (AvgIpc) is 2.55. The fourth-order valence-corrected chi connectivity index (χ4v) is 1.46. The maximum absolute atomic E-state index is 7.24. The van der Waals surface area contributed by atoms with E-state index in [1.54, 1.807) is 5.51 Å². The van der Waals surface area contributed by atoms with Gasteiger partial charge in [0.15, 0.2) is 0 Å². The Morgan fingerprint density at radius 2 is 2.54 bits per heavy atom. The Labute approximate surface area is 81.1 Å². The van der Waals surface area contributed by atoms with Gasteiger partial charge in [0, 0.05) is 19.5 Å². The van der Waals surface area contributed by atoms with Crippen LogP contribution in [0, 0.1) is 11.3 Å². The van der Waals surface area contributed by atoms with Gasteiger partial charge in [0.1, 0.15) is 5.51 Å². The molecule has 0 bridgehead atoms. The molecule has 13 heavy (non-hydrogen) atoms. The minimum absolute atomic E-state index is 0.0499. The highest BCUT2D eigenvalue weighted by Crippen LogP contribution is 2.14. The van der Waals surface area contributed by atoms with E-state index < -0.39 is 0 Å². The first-order chi connectivity index (χ1) is 6.11. The summed E-state index contributed by atoms with van der Waals surface area (Å²) in [5.41, 5.74) is 7.05. The molecule has 0 spiro atoms. The normalized spacial score (nSPS) is 12.5. The van der Waals surface area contributed by atoms with Crippen LogP contribution in [0.3, 0.4) is 0 Å². The highest BCUT2D eigenvalue weighted by Gasteiger charge is 2.11. The Bertz CT molecular complexity index is 270. The van der Waals surface area contributed by atoms with Crippen LogP contribution in [0.4, 0.5) is 5.13 Å². The summed E-state index contributed by atoms with van der Waals surface area (Å²) in [6.07, 6.45) is 0. The summed E-state index contributed by atoms with van der Waals surface area (Å²) >= 11 is 1.48. The van der Waals surface area contributed by atoms with Crippen molar-refractivity contribution in [3.8, 4) is 0 Å². The molecular formula is C7H13N5S. The number of rotatable bonds is 4. The lowest BCUT2D eigenvalue weighted by Gasteiger charge is -2.18. The molecule has 0 fully saturated rings. The number of amidine groups is 1. The Morgan fingerprint density at radius 1 is 1.85 bits per heavy atom. The number of hydrogen-bond acceptors (Lipinski definition) is 5. The topological polar surface area (TPSA) is 78.9 Å². The lowest BCUT2D eigenvalue weighted by atomic mass is 10.1. The summed E-state index contributed by atoms with van der Waals surface area (Å²) in [6.45, 7) is 2.62. The van der Waals surface area contributed by atoms with Gasteiger partial charge < -0.3 is 10.6 Å². The maximum atomic E-state index is 7.24. The van der Waals surface area contributed by atoms with Crippen LogP contribution in [0.25, 0.3) is 0 Å². The van der Waals surface area contributed by atoms with Gasteiger partial charge in [-0.05, 0) is 0 Å². The van der Waals surface area contributed by atoms with E-state index in [0.717, 1.165) is 5.13 Å². The van der Waals surface area contributed by atoms with Crippen LogP contribution >= 0.6 is 11.3 Å². The van der Waals surface area contributed by atoms with Crippen molar-refractivity contribution in [2.24, 2.45) is 11.7 Å². The van der Waals surface area contributed by atoms with Crippen molar-refractivity contribution in [2.75, 3.05) is 18.5 Å². The van der Waals surface area contributed by atoms with Gasteiger partial charge in [-0.2, -0.15) is 0 Å². The first-order valence-corrected chi connectivity index (χ1v) is 4.80. The van der Waals surface area contributed by atoms with Crippen molar-refractivity contribution in [2.45, 2.75) is 6.92 Å². The van der Waals surface area contributed by atoms with Crippen LogP contribution in [0.5, 0.6) is 0 Å². The van der Waals surface area contributed by atoms with Crippen molar-refractivity contribution >= 4 is 22.3 Å². The highest BCUT2D eigenvalue weighted by atomic mass is 32.1. The van der Waals surface area contributed by atoms with Gasteiger partial charge in [-0.3, -0.25) is 5.41 Å². The molecule has 6 heteroatoms. The number of nitrogens with one attached hydrogen (secondary N) is 1. The van der Waals surface area contributed by atoms with Crippen LogP contribution in [0.1, 0.15) is 6.92 Å². The number of aromatic nitrogens is 2. The number of nitrogens with two attached hydrogens (primary N) is 1. The minimum atomic E-state index is 0.0499. The second-order valence-electron chi connectivity index (χ2n) is 2.96. The molecule has 1 aromatic rings. The number of hydrogen-bond donors (Lipinski definition) is 2. The lowest BCUT2D eigenvalue weighted by molar-refractivity contribution is 0.724. The molecule has 0 radical (unpaired) electrons.